The van der Waals surface area contributed by atoms with E-state index < -0.39 is 17.7 Å². The monoisotopic (exact) mass is 520 g/mol. The van der Waals surface area contributed by atoms with Crippen molar-refractivity contribution in [3.63, 3.8) is 0 Å². The van der Waals surface area contributed by atoms with E-state index in [0.29, 0.717) is 31.0 Å². The van der Waals surface area contributed by atoms with Crippen LogP contribution in [0.25, 0.3) is 11.1 Å². The smallest absolute Gasteiger partial charge is 0.306 e. The minimum Gasteiger partial charge on any atom is -0.485 e. The number of aliphatic hydroxyl groups is 1. The highest BCUT2D eigenvalue weighted by molar-refractivity contribution is 5.70. The number of methoxy groups -OCH3 is 1. The van der Waals surface area contributed by atoms with Crippen molar-refractivity contribution in [1.82, 2.24) is 9.88 Å². The summed E-state index contributed by atoms with van der Waals surface area (Å²) >= 11 is 0. The van der Waals surface area contributed by atoms with Gasteiger partial charge in [-0.05, 0) is 59.6 Å². The van der Waals surface area contributed by atoms with Crippen molar-refractivity contribution in [3.8, 4) is 22.8 Å². The van der Waals surface area contributed by atoms with Gasteiger partial charge in [0, 0.05) is 31.3 Å². The normalized spacial score (nSPS) is 20.0. The molecule has 0 aliphatic carbocycles. The number of aromatic nitrogens is 1. The number of rotatable bonds is 8. The Morgan fingerprint density at radius 2 is 2.05 bits per heavy atom. The number of nitrogens with zero attached hydrogens (tertiary/aromatic N) is 2. The number of carboxylic acid groups (broad SMARTS) is 1. The molecule has 2 aromatic carbocycles. The second kappa shape index (κ2) is 11.1. The molecule has 2 N–H and O–H groups in total. The number of ether oxygens (including phenoxy) is 2. The second-order valence-corrected chi connectivity index (χ2v) is 10.3. The molecule has 0 amide bonds. The average Bonchev–Trinajstić information content (AvgIpc) is 3.33. The van der Waals surface area contributed by atoms with Gasteiger partial charge in [0.15, 0.2) is 0 Å². The molecule has 2 aliphatic rings. The summed E-state index contributed by atoms with van der Waals surface area (Å²) in [7, 11) is 1.51. The molecule has 1 aromatic heterocycles. The molecule has 8 heteroatoms. The fraction of sp³-hybridized carbons (Fsp3) is 0.400. The van der Waals surface area contributed by atoms with Crippen LogP contribution in [-0.2, 0) is 24.2 Å². The quantitative estimate of drug-likeness (QED) is 0.441. The second-order valence-electron chi connectivity index (χ2n) is 10.3. The van der Waals surface area contributed by atoms with E-state index in [0.717, 1.165) is 59.4 Å². The Kier molecular flexibility index (Phi) is 7.63. The zero-order valence-electron chi connectivity index (χ0n) is 21.7. The Morgan fingerprint density at radius 1 is 1.21 bits per heavy atom. The molecule has 0 spiro atoms. The molecular weight excluding hydrogens is 487 g/mol. The van der Waals surface area contributed by atoms with Crippen LogP contribution in [0.2, 0.25) is 0 Å². The number of hydrogen-bond acceptors (Lipinski definition) is 6. The first-order valence-corrected chi connectivity index (χ1v) is 13.0. The van der Waals surface area contributed by atoms with Gasteiger partial charge in [-0.3, -0.25) is 9.69 Å². The molecule has 0 radical (unpaired) electrons. The molecule has 3 aromatic rings. The number of likely N-dealkylation sites (tertiary alicyclic amines) is 1. The van der Waals surface area contributed by atoms with E-state index in [9.17, 15) is 19.4 Å². The highest BCUT2D eigenvalue weighted by Crippen LogP contribution is 2.38. The number of aliphatic hydroxyl groups excluding tert-OH is 1. The van der Waals surface area contributed by atoms with Gasteiger partial charge < -0.3 is 19.7 Å². The Hall–Kier alpha value is -3.49. The van der Waals surface area contributed by atoms with Crippen molar-refractivity contribution < 1.29 is 28.9 Å². The summed E-state index contributed by atoms with van der Waals surface area (Å²) in [6.07, 6.45) is 3.46. The van der Waals surface area contributed by atoms with Crippen LogP contribution in [-0.4, -0.2) is 52.4 Å². The first kappa shape index (κ1) is 26.1. The highest BCUT2D eigenvalue weighted by Gasteiger charge is 2.26. The molecule has 1 fully saturated rings. The molecule has 0 saturated carbocycles. The summed E-state index contributed by atoms with van der Waals surface area (Å²) in [5, 5.41) is 19.3. The van der Waals surface area contributed by atoms with Crippen LogP contribution < -0.4 is 9.47 Å². The lowest BCUT2D eigenvalue weighted by molar-refractivity contribution is -0.141. The van der Waals surface area contributed by atoms with Crippen molar-refractivity contribution in [1.29, 1.82) is 0 Å². The maximum Gasteiger partial charge on any atom is 0.306 e. The standard InChI is InChI=1S/C30H33FN2O5/c1-18(30(35)36)11-19-3-4-20-6-8-27(38-28(20)12-19)21-5-7-24(25-14-29(37-2)32-15-26(25)31)22(13-21)16-33-10-9-23(34)17-33/h3-5,7,12-15,18,23,27,34H,6,8-11,16-17H2,1-2H3,(H,35,36)/t18-,23+,27?/m0/s1. The molecule has 3 heterocycles. The van der Waals surface area contributed by atoms with Gasteiger partial charge in [-0.15, -0.1) is 0 Å². The number of carboxylic acids is 1. The average molecular weight is 521 g/mol. The third kappa shape index (κ3) is 5.66. The summed E-state index contributed by atoms with van der Waals surface area (Å²) < 4.78 is 26.6. The Bertz CT molecular complexity index is 1330. The predicted molar refractivity (Wildman–Crippen MR) is 141 cm³/mol. The lowest BCUT2D eigenvalue weighted by atomic mass is 9.91. The van der Waals surface area contributed by atoms with Gasteiger partial charge in [-0.25, -0.2) is 9.37 Å². The molecular formula is C30H33FN2O5. The van der Waals surface area contributed by atoms with Crippen molar-refractivity contribution >= 4 is 5.97 Å². The Balaban J connectivity index is 1.45. The SMILES string of the molecule is COc1cc(-c2ccc(C3CCc4ccc(C[C@H](C)C(=O)O)cc4O3)cc2CN2CC[C@@H](O)C2)c(F)cn1. The topological polar surface area (TPSA) is 92.1 Å². The number of benzene rings is 2. The maximum atomic E-state index is 14.9. The molecule has 38 heavy (non-hydrogen) atoms. The zero-order chi connectivity index (χ0) is 26.8. The van der Waals surface area contributed by atoms with E-state index in [1.165, 1.54) is 13.3 Å². The molecule has 3 atom stereocenters. The first-order chi connectivity index (χ1) is 18.3. The van der Waals surface area contributed by atoms with E-state index in [4.69, 9.17) is 9.47 Å². The van der Waals surface area contributed by atoms with Gasteiger partial charge >= 0.3 is 5.97 Å². The molecule has 0 bridgehead atoms. The van der Waals surface area contributed by atoms with Gasteiger partial charge in [-0.1, -0.05) is 37.3 Å². The fourth-order valence-electron chi connectivity index (χ4n) is 5.36. The molecule has 1 saturated heterocycles. The third-order valence-corrected chi connectivity index (χ3v) is 7.51. The number of pyridine rings is 1. The number of aliphatic carboxylic acids is 1. The maximum absolute atomic E-state index is 14.9. The van der Waals surface area contributed by atoms with Crippen LogP contribution in [0.1, 0.15) is 48.1 Å². The van der Waals surface area contributed by atoms with E-state index in [1.807, 2.05) is 30.3 Å². The number of carbonyl (C=O) groups is 1. The van der Waals surface area contributed by atoms with Gasteiger partial charge in [0.1, 0.15) is 17.7 Å². The van der Waals surface area contributed by atoms with Crippen LogP contribution in [0.15, 0.2) is 48.7 Å². The minimum absolute atomic E-state index is 0.177. The molecule has 2 aliphatic heterocycles. The van der Waals surface area contributed by atoms with Crippen LogP contribution in [0.3, 0.4) is 0 Å². The van der Waals surface area contributed by atoms with E-state index in [2.05, 4.69) is 16.0 Å². The predicted octanol–water partition coefficient (Wildman–Crippen LogP) is 4.79. The van der Waals surface area contributed by atoms with Crippen molar-refractivity contribution in [2.24, 2.45) is 5.92 Å². The summed E-state index contributed by atoms with van der Waals surface area (Å²) in [6, 6.07) is 13.6. The zero-order valence-corrected chi connectivity index (χ0v) is 21.7. The van der Waals surface area contributed by atoms with Gasteiger partial charge in [0.2, 0.25) is 5.88 Å². The summed E-state index contributed by atoms with van der Waals surface area (Å²) in [6.45, 7) is 3.63. The van der Waals surface area contributed by atoms with Gasteiger partial charge in [-0.2, -0.15) is 0 Å². The summed E-state index contributed by atoms with van der Waals surface area (Å²) in [5.74, 6) is -0.586. The number of hydrogen-bond donors (Lipinski definition) is 2. The van der Waals surface area contributed by atoms with Crippen LogP contribution in [0.4, 0.5) is 4.39 Å². The summed E-state index contributed by atoms with van der Waals surface area (Å²) in [4.78, 5) is 17.5. The Labute approximate surface area is 221 Å². The lowest BCUT2D eigenvalue weighted by Gasteiger charge is -2.28. The van der Waals surface area contributed by atoms with Crippen LogP contribution in [0, 0.1) is 11.7 Å². The molecule has 1 unspecified atom stereocenters. The molecule has 200 valence electrons. The number of fused-ring (bicyclic) bond motifs is 1. The fourth-order valence-corrected chi connectivity index (χ4v) is 5.36. The number of β-amino-alcohol motifs (C(OH)–C–C–N with tert-alkyl or cyclic N) is 1. The summed E-state index contributed by atoms with van der Waals surface area (Å²) in [5.41, 5.74) is 5.17. The Morgan fingerprint density at radius 3 is 2.79 bits per heavy atom. The highest BCUT2D eigenvalue weighted by atomic mass is 19.1. The largest absolute Gasteiger partial charge is 0.485 e. The first-order valence-electron chi connectivity index (χ1n) is 13.0. The number of aryl methyl sites for hydroxylation is 1. The van der Waals surface area contributed by atoms with Crippen molar-refractivity contribution in [3.05, 3.63) is 76.7 Å². The van der Waals surface area contributed by atoms with Gasteiger partial charge in [0.25, 0.3) is 0 Å². The number of halogens is 1. The third-order valence-electron chi connectivity index (χ3n) is 7.51. The van der Waals surface area contributed by atoms with Crippen LogP contribution in [0.5, 0.6) is 11.6 Å². The van der Waals surface area contributed by atoms with Gasteiger partial charge in [0.05, 0.1) is 25.3 Å². The van der Waals surface area contributed by atoms with E-state index in [1.54, 1.807) is 13.0 Å². The molecule has 7 nitrogen and oxygen atoms in total. The van der Waals surface area contributed by atoms with E-state index >= 15 is 0 Å². The van der Waals surface area contributed by atoms with Crippen LogP contribution >= 0.6 is 0 Å². The molecule has 5 rings (SSSR count). The van der Waals surface area contributed by atoms with E-state index in [-0.39, 0.29) is 12.2 Å². The van der Waals surface area contributed by atoms with Crippen molar-refractivity contribution in [2.45, 2.75) is 51.4 Å². The van der Waals surface area contributed by atoms with Crippen molar-refractivity contribution in [2.75, 3.05) is 20.2 Å². The minimum atomic E-state index is -0.817. The lowest BCUT2D eigenvalue weighted by Crippen LogP contribution is -2.22.